The average molecular weight is 990 g/mol. The predicted molar refractivity (Wildman–Crippen MR) is 307 cm³/mol. The Morgan fingerprint density at radius 2 is 0.443 bits per heavy atom. The van der Waals surface area contributed by atoms with Crippen molar-refractivity contribution in [2.24, 2.45) is 0 Å². The smallest absolute Gasteiger partial charge is 0.306 e. The van der Waals surface area contributed by atoms with Crippen molar-refractivity contribution in [3.63, 3.8) is 0 Å². The monoisotopic (exact) mass is 989 g/mol. The Hall–Kier alpha value is -1.10. The molecule has 70 heavy (non-hydrogen) atoms. The molecule has 5 nitrogen and oxygen atoms in total. The molecule has 0 bridgehead atoms. The SMILES string of the molecule is CCCCCCCCCCCCCCCCCCCCCCCCCCCCCCCCCCCC(=O)OC(CO)COC(=O)CCCCCCCCCCCCCCCCCCCCCCCCC. The van der Waals surface area contributed by atoms with Crippen LogP contribution in [-0.4, -0.2) is 36.4 Å². The Morgan fingerprint density at radius 1 is 0.271 bits per heavy atom. The van der Waals surface area contributed by atoms with Crippen molar-refractivity contribution >= 4 is 11.9 Å². The van der Waals surface area contributed by atoms with E-state index >= 15 is 0 Å². The summed E-state index contributed by atoms with van der Waals surface area (Å²) in [6.07, 6.45) is 77.0. The first-order chi connectivity index (χ1) is 34.6. The van der Waals surface area contributed by atoms with Crippen LogP contribution in [0.25, 0.3) is 0 Å². The van der Waals surface area contributed by atoms with Crippen LogP contribution >= 0.6 is 0 Å². The highest BCUT2D eigenvalue weighted by Gasteiger charge is 2.16. The van der Waals surface area contributed by atoms with Gasteiger partial charge in [-0.15, -0.1) is 0 Å². The first-order valence-corrected chi connectivity index (χ1v) is 32.6. The van der Waals surface area contributed by atoms with Crippen molar-refractivity contribution in [2.45, 2.75) is 392 Å². The second kappa shape index (κ2) is 62.2. The minimum atomic E-state index is -0.765. The van der Waals surface area contributed by atoms with E-state index in [-0.39, 0.29) is 25.2 Å². The molecular weight excluding hydrogens is 861 g/mol. The lowest BCUT2D eigenvalue weighted by Gasteiger charge is -2.15. The van der Waals surface area contributed by atoms with Crippen molar-refractivity contribution < 1.29 is 24.2 Å². The van der Waals surface area contributed by atoms with Crippen molar-refractivity contribution in [3.8, 4) is 0 Å². The molecule has 0 amide bonds. The van der Waals surface area contributed by atoms with E-state index in [2.05, 4.69) is 13.8 Å². The molecule has 1 unspecified atom stereocenters. The van der Waals surface area contributed by atoms with Crippen LogP contribution < -0.4 is 0 Å². The molecule has 0 aromatic rings. The van der Waals surface area contributed by atoms with E-state index in [4.69, 9.17) is 9.47 Å². The highest BCUT2D eigenvalue weighted by atomic mass is 16.6. The van der Waals surface area contributed by atoms with Gasteiger partial charge in [-0.25, -0.2) is 0 Å². The molecule has 1 N–H and O–H groups in total. The predicted octanol–water partition coefficient (Wildman–Crippen LogP) is 22.1. The fraction of sp³-hybridized carbons (Fsp3) is 0.969. The van der Waals surface area contributed by atoms with Crippen LogP contribution in [0.3, 0.4) is 0 Å². The van der Waals surface area contributed by atoms with Crippen LogP contribution in [0.5, 0.6) is 0 Å². The van der Waals surface area contributed by atoms with Crippen molar-refractivity contribution in [1.82, 2.24) is 0 Å². The summed E-state index contributed by atoms with van der Waals surface area (Å²) in [7, 11) is 0. The maximum Gasteiger partial charge on any atom is 0.306 e. The molecule has 1 atom stereocenters. The van der Waals surface area contributed by atoms with Gasteiger partial charge in [0.1, 0.15) is 6.61 Å². The van der Waals surface area contributed by atoms with Crippen LogP contribution in [0.1, 0.15) is 386 Å². The zero-order valence-electron chi connectivity index (χ0n) is 48.1. The molecule has 0 aliphatic heterocycles. The highest BCUT2D eigenvalue weighted by molar-refractivity contribution is 5.70. The average Bonchev–Trinajstić information content (AvgIpc) is 3.36. The maximum absolute atomic E-state index is 12.3. The molecule has 0 aliphatic carbocycles. The molecule has 0 saturated carbocycles. The minimum absolute atomic E-state index is 0.0555. The molecule has 418 valence electrons. The molecule has 0 spiro atoms. The van der Waals surface area contributed by atoms with Gasteiger partial charge in [0.25, 0.3) is 0 Å². The quantitative estimate of drug-likeness (QED) is 0.0486. The fourth-order valence-electron chi connectivity index (χ4n) is 10.5. The van der Waals surface area contributed by atoms with Gasteiger partial charge in [0.2, 0.25) is 0 Å². The summed E-state index contributed by atoms with van der Waals surface area (Å²) in [6, 6.07) is 0. The van der Waals surface area contributed by atoms with Crippen molar-refractivity contribution in [1.29, 1.82) is 0 Å². The summed E-state index contributed by atoms with van der Waals surface area (Å²) in [5.41, 5.74) is 0. The fourth-order valence-corrected chi connectivity index (χ4v) is 10.5. The van der Waals surface area contributed by atoms with Gasteiger partial charge >= 0.3 is 11.9 Å². The van der Waals surface area contributed by atoms with E-state index < -0.39 is 6.10 Å². The van der Waals surface area contributed by atoms with Crippen molar-refractivity contribution in [3.05, 3.63) is 0 Å². The zero-order valence-corrected chi connectivity index (χ0v) is 48.1. The van der Waals surface area contributed by atoms with Gasteiger partial charge in [0, 0.05) is 12.8 Å². The summed E-state index contributed by atoms with van der Waals surface area (Å²) in [5.74, 6) is -0.560. The van der Waals surface area contributed by atoms with Gasteiger partial charge in [0.15, 0.2) is 6.10 Å². The van der Waals surface area contributed by atoms with Crippen LogP contribution in [0.4, 0.5) is 0 Å². The molecule has 0 aromatic heterocycles. The Bertz CT molecular complexity index is 983. The standard InChI is InChI=1S/C65H128O5/c1-3-5-7-9-11-13-15-17-19-21-23-25-27-28-29-30-31-32-33-34-35-36-38-40-42-44-46-48-50-52-54-56-58-60-65(68)70-63(61-66)62-69-64(67)59-57-55-53-51-49-47-45-43-41-39-37-26-24-22-20-18-16-14-12-10-8-6-4-2/h63,66H,3-62H2,1-2H3. The molecule has 5 heteroatoms. The molecule has 0 fully saturated rings. The third-order valence-corrected chi connectivity index (χ3v) is 15.4. The summed E-state index contributed by atoms with van der Waals surface area (Å²) in [5, 5.41) is 9.68. The molecular formula is C65H128O5. The van der Waals surface area contributed by atoms with Gasteiger partial charge in [-0.1, -0.05) is 361 Å². The van der Waals surface area contributed by atoms with E-state index in [1.807, 2.05) is 0 Å². The van der Waals surface area contributed by atoms with E-state index in [1.54, 1.807) is 0 Å². The number of aliphatic hydroxyl groups is 1. The second-order valence-corrected chi connectivity index (χ2v) is 22.6. The molecule has 0 aliphatic rings. The number of unbranched alkanes of at least 4 members (excludes halogenated alkanes) is 54. The van der Waals surface area contributed by atoms with Gasteiger partial charge in [-0.05, 0) is 12.8 Å². The highest BCUT2D eigenvalue weighted by Crippen LogP contribution is 2.19. The Labute approximate surface area is 439 Å². The van der Waals surface area contributed by atoms with E-state index in [1.165, 1.54) is 327 Å². The lowest BCUT2D eigenvalue weighted by Crippen LogP contribution is -2.28. The van der Waals surface area contributed by atoms with Crippen LogP contribution in [0, 0.1) is 0 Å². The molecule has 0 aromatic carbocycles. The number of rotatable bonds is 62. The number of hydrogen-bond acceptors (Lipinski definition) is 5. The molecule has 0 saturated heterocycles. The Morgan fingerprint density at radius 3 is 0.629 bits per heavy atom. The van der Waals surface area contributed by atoms with Crippen LogP contribution in [0.15, 0.2) is 0 Å². The van der Waals surface area contributed by atoms with Gasteiger partial charge < -0.3 is 14.6 Å². The lowest BCUT2D eigenvalue weighted by molar-refractivity contribution is -0.161. The number of aliphatic hydroxyl groups excluding tert-OH is 1. The largest absolute Gasteiger partial charge is 0.462 e. The number of ether oxygens (including phenoxy) is 2. The number of hydrogen-bond donors (Lipinski definition) is 1. The number of carbonyl (C=O) groups is 2. The first-order valence-electron chi connectivity index (χ1n) is 32.6. The number of carbonyl (C=O) groups excluding carboxylic acids is 2. The first kappa shape index (κ1) is 68.9. The van der Waals surface area contributed by atoms with Gasteiger partial charge in [0.05, 0.1) is 6.61 Å². The molecule has 0 rings (SSSR count). The lowest BCUT2D eigenvalue weighted by atomic mass is 10.0. The Balaban J connectivity index is 3.36. The van der Waals surface area contributed by atoms with Gasteiger partial charge in [-0.3, -0.25) is 9.59 Å². The Kier molecular flexibility index (Phi) is 61.2. The molecule has 0 radical (unpaired) electrons. The summed E-state index contributed by atoms with van der Waals surface area (Å²) in [4.78, 5) is 24.6. The van der Waals surface area contributed by atoms with E-state index in [9.17, 15) is 14.7 Å². The number of esters is 2. The third-order valence-electron chi connectivity index (χ3n) is 15.4. The summed E-state index contributed by atoms with van der Waals surface area (Å²) >= 11 is 0. The second-order valence-electron chi connectivity index (χ2n) is 22.6. The zero-order chi connectivity index (χ0) is 50.6. The van der Waals surface area contributed by atoms with Crippen LogP contribution in [0.2, 0.25) is 0 Å². The minimum Gasteiger partial charge on any atom is -0.462 e. The van der Waals surface area contributed by atoms with Crippen molar-refractivity contribution in [2.75, 3.05) is 13.2 Å². The van der Waals surface area contributed by atoms with E-state index in [0.717, 1.165) is 32.1 Å². The maximum atomic E-state index is 12.3. The van der Waals surface area contributed by atoms with Gasteiger partial charge in [-0.2, -0.15) is 0 Å². The summed E-state index contributed by atoms with van der Waals surface area (Å²) in [6.45, 7) is 4.22. The normalized spacial score (nSPS) is 12.0. The summed E-state index contributed by atoms with van der Waals surface area (Å²) < 4.78 is 10.7. The topological polar surface area (TPSA) is 72.8 Å². The van der Waals surface area contributed by atoms with Crippen LogP contribution in [-0.2, 0) is 19.1 Å². The van der Waals surface area contributed by atoms with E-state index in [0.29, 0.717) is 12.8 Å². The molecule has 0 heterocycles. The third kappa shape index (κ3) is 59.5.